The number of halogens is 1. The van der Waals surface area contributed by atoms with E-state index < -0.39 is 0 Å². The number of carbonyl (C=O) groups excluding carboxylic acids is 2. The van der Waals surface area contributed by atoms with Crippen LogP contribution in [0.15, 0.2) is 24.3 Å². The minimum absolute atomic E-state index is 0. The maximum atomic E-state index is 11.8. The molecule has 0 radical (unpaired) electrons. The summed E-state index contributed by atoms with van der Waals surface area (Å²) in [6.45, 7) is 1.17. The largest absolute Gasteiger partial charge is 0.346 e. The van der Waals surface area contributed by atoms with Gasteiger partial charge in [-0.15, -0.1) is 12.4 Å². The van der Waals surface area contributed by atoms with Gasteiger partial charge in [-0.1, -0.05) is 24.3 Å². The highest BCUT2D eigenvalue weighted by Gasteiger charge is 2.22. The Balaban J connectivity index is 0.00000162. The summed E-state index contributed by atoms with van der Waals surface area (Å²) in [5.41, 5.74) is 7.49. The highest BCUT2D eigenvalue weighted by molar-refractivity contribution is 5.86. The lowest BCUT2D eigenvalue weighted by atomic mass is 10.1. The Labute approximate surface area is 112 Å². The lowest BCUT2D eigenvalue weighted by Crippen LogP contribution is -2.39. The minimum Gasteiger partial charge on any atom is -0.346 e. The zero-order chi connectivity index (χ0) is 12.3. The number of hydrogen-bond acceptors (Lipinski definition) is 3. The molecule has 1 aromatic carbocycles. The van der Waals surface area contributed by atoms with Gasteiger partial charge in [-0.2, -0.15) is 0 Å². The lowest BCUT2D eigenvalue weighted by Gasteiger charge is -2.15. The van der Waals surface area contributed by atoms with Gasteiger partial charge in [-0.05, 0) is 11.1 Å². The van der Waals surface area contributed by atoms with Crippen molar-refractivity contribution in [2.75, 3.05) is 13.1 Å². The predicted molar refractivity (Wildman–Crippen MR) is 70.0 cm³/mol. The minimum atomic E-state index is -0.310. The molecular formula is C12H16ClN3O2. The highest BCUT2D eigenvalue weighted by Crippen LogP contribution is 2.21. The predicted octanol–water partition coefficient (Wildman–Crippen LogP) is 0.0255. The van der Waals surface area contributed by atoms with Crippen LogP contribution in [0.3, 0.4) is 0 Å². The monoisotopic (exact) mass is 269 g/mol. The van der Waals surface area contributed by atoms with Crippen molar-refractivity contribution < 1.29 is 9.59 Å². The van der Waals surface area contributed by atoms with Crippen molar-refractivity contribution in [2.45, 2.75) is 13.1 Å². The molecule has 1 aliphatic heterocycles. The van der Waals surface area contributed by atoms with E-state index >= 15 is 0 Å². The molecule has 3 N–H and O–H groups in total. The van der Waals surface area contributed by atoms with Gasteiger partial charge in [0.25, 0.3) is 0 Å². The summed E-state index contributed by atoms with van der Waals surface area (Å²) in [6, 6.07) is 7.95. The van der Waals surface area contributed by atoms with Gasteiger partial charge in [0.05, 0.1) is 13.1 Å². The van der Waals surface area contributed by atoms with Crippen LogP contribution in [0.1, 0.15) is 11.1 Å². The number of carbonyl (C=O) groups is 2. The molecule has 1 aliphatic rings. The smallest absolute Gasteiger partial charge is 0.242 e. The number of nitrogens with one attached hydrogen (secondary N) is 1. The Morgan fingerprint density at radius 1 is 1.22 bits per heavy atom. The number of amides is 2. The van der Waals surface area contributed by atoms with Crippen LogP contribution in [-0.2, 0) is 22.7 Å². The van der Waals surface area contributed by atoms with Gasteiger partial charge in [0.2, 0.25) is 11.8 Å². The average Bonchev–Trinajstić information content (AvgIpc) is 2.79. The van der Waals surface area contributed by atoms with Gasteiger partial charge in [-0.3, -0.25) is 9.59 Å². The molecule has 0 aliphatic carbocycles. The van der Waals surface area contributed by atoms with Gasteiger partial charge < -0.3 is 16.0 Å². The second kappa shape index (κ2) is 6.37. The number of hydrogen-bond donors (Lipinski definition) is 2. The number of rotatable bonds is 3. The molecule has 0 aromatic heterocycles. The van der Waals surface area contributed by atoms with E-state index in [9.17, 15) is 9.59 Å². The Kier molecular flexibility index (Phi) is 5.12. The number of nitrogens with zero attached hydrogens (tertiary/aromatic N) is 1. The molecule has 18 heavy (non-hydrogen) atoms. The Bertz CT molecular complexity index is 426. The van der Waals surface area contributed by atoms with Crippen LogP contribution in [-0.4, -0.2) is 29.8 Å². The summed E-state index contributed by atoms with van der Waals surface area (Å²) in [7, 11) is 0. The van der Waals surface area contributed by atoms with E-state index in [0.29, 0.717) is 13.1 Å². The maximum Gasteiger partial charge on any atom is 0.242 e. The van der Waals surface area contributed by atoms with Crippen LogP contribution >= 0.6 is 12.4 Å². The standard InChI is InChI=1S/C12H15N3O2.ClH/c13-5-11(16)14-6-12(17)15-7-9-3-1-2-4-10(9)8-15;/h1-4H,5-8,13H2,(H,14,16);1H. The molecule has 2 rings (SSSR count). The molecule has 6 heteroatoms. The molecule has 5 nitrogen and oxygen atoms in total. The van der Waals surface area contributed by atoms with E-state index in [1.54, 1.807) is 4.90 Å². The third kappa shape index (κ3) is 3.21. The normalized spacial score (nSPS) is 12.6. The summed E-state index contributed by atoms with van der Waals surface area (Å²) in [6.07, 6.45) is 0. The topological polar surface area (TPSA) is 75.4 Å². The van der Waals surface area contributed by atoms with Crippen molar-refractivity contribution in [1.82, 2.24) is 10.2 Å². The summed E-state index contributed by atoms with van der Waals surface area (Å²) < 4.78 is 0. The van der Waals surface area contributed by atoms with E-state index in [2.05, 4.69) is 5.32 Å². The van der Waals surface area contributed by atoms with Crippen LogP contribution in [0.5, 0.6) is 0 Å². The van der Waals surface area contributed by atoms with Crippen LogP contribution < -0.4 is 11.1 Å². The Morgan fingerprint density at radius 3 is 2.28 bits per heavy atom. The fraction of sp³-hybridized carbons (Fsp3) is 0.333. The zero-order valence-electron chi connectivity index (χ0n) is 9.89. The Hall–Kier alpha value is -1.59. The SMILES string of the molecule is Cl.NCC(=O)NCC(=O)N1Cc2ccccc2C1. The van der Waals surface area contributed by atoms with Crippen LogP contribution in [0, 0.1) is 0 Å². The Morgan fingerprint density at radius 2 is 1.78 bits per heavy atom. The zero-order valence-corrected chi connectivity index (χ0v) is 10.7. The molecular weight excluding hydrogens is 254 g/mol. The molecule has 1 heterocycles. The van der Waals surface area contributed by atoms with Crippen LogP contribution in [0.25, 0.3) is 0 Å². The third-order valence-corrected chi connectivity index (χ3v) is 2.82. The van der Waals surface area contributed by atoms with Gasteiger partial charge in [0.1, 0.15) is 0 Å². The van der Waals surface area contributed by atoms with Crippen LogP contribution in [0.2, 0.25) is 0 Å². The molecule has 98 valence electrons. The summed E-state index contributed by atoms with van der Waals surface area (Å²) >= 11 is 0. The third-order valence-electron chi connectivity index (χ3n) is 2.82. The fourth-order valence-corrected chi connectivity index (χ4v) is 1.87. The van der Waals surface area contributed by atoms with Crippen molar-refractivity contribution in [3.63, 3.8) is 0 Å². The molecule has 0 fully saturated rings. The number of benzene rings is 1. The summed E-state index contributed by atoms with van der Waals surface area (Å²) in [5, 5.41) is 2.48. The molecule has 0 saturated carbocycles. The molecule has 0 spiro atoms. The summed E-state index contributed by atoms with van der Waals surface area (Å²) in [4.78, 5) is 24.5. The molecule has 1 aromatic rings. The first-order valence-electron chi connectivity index (χ1n) is 5.52. The van der Waals surface area contributed by atoms with E-state index in [1.165, 1.54) is 11.1 Å². The first kappa shape index (κ1) is 14.5. The van der Waals surface area contributed by atoms with Gasteiger partial charge in [-0.25, -0.2) is 0 Å². The van der Waals surface area contributed by atoms with Crippen molar-refractivity contribution in [3.8, 4) is 0 Å². The molecule has 0 atom stereocenters. The number of fused-ring (bicyclic) bond motifs is 1. The van der Waals surface area contributed by atoms with Crippen molar-refractivity contribution >= 4 is 24.2 Å². The van der Waals surface area contributed by atoms with E-state index in [-0.39, 0.29) is 37.3 Å². The van der Waals surface area contributed by atoms with Gasteiger partial charge in [0.15, 0.2) is 0 Å². The first-order valence-corrected chi connectivity index (χ1v) is 5.52. The van der Waals surface area contributed by atoms with Crippen molar-refractivity contribution in [2.24, 2.45) is 5.73 Å². The van der Waals surface area contributed by atoms with Crippen molar-refractivity contribution in [1.29, 1.82) is 0 Å². The van der Waals surface area contributed by atoms with E-state index in [0.717, 1.165) is 0 Å². The van der Waals surface area contributed by atoms with E-state index in [4.69, 9.17) is 5.73 Å². The first-order chi connectivity index (χ1) is 8.20. The maximum absolute atomic E-state index is 11.8. The quantitative estimate of drug-likeness (QED) is 0.813. The van der Waals surface area contributed by atoms with Crippen molar-refractivity contribution in [3.05, 3.63) is 35.4 Å². The van der Waals surface area contributed by atoms with Crippen LogP contribution in [0.4, 0.5) is 0 Å². The number of nitrogens with two attached hydrogens (primary N) is 1. The average molecular weight is 270 g/mol. The molecule has 0 unspecified atom stereocenters. The molecule has 0 bridgehead atoms. The second-order valence-corrected chi connectivity index (χ2v) is 4.00. The highest BCUT2D eigenvalue weighted by atomic mass is 35.5. The second-order valence-electron chi connectivity index (χ2n) is 4.00. The van der Waals surface area contributed by atoms with Gasteiger partial charge in [0, 0.05) is 13.1 Å². The molecule has 0 saturated heterocycles. The fourth-order valence-electron chi connectivity index (χ4n) is 1.87. The lowest BCUT2D eigenvalue weighted by molar-refractivity contribution is -0.133. The molecule has 2 amide bonds. The van der Waals surface area contributed by atoms with Gasteiger partial charge >= 0.3 is 0 Å². The van der Waals surface area contributed by atoms with E-state index in [1.807, 2.05) is 24.3 Å². The summed E-state index contributed by atoms with van der Waals surface area (Å²) in [5.74, 6) is -0.391.